The van der Waals surface area contributed by atoms with Gasteiger partial charge in [0.25, 0.3) is 0 Å². The molecule has 0 saturated carbocycles. The van der Waals surface area contributed by atoms with Crippen molar-refractivity contribution in [1.29, 1.82) is 0 Å². The van der Waals surface area contributed by atoms with Crippen LogP contribution >= 0.6 is 0 Å². The summed E-state index contributed by atoms with van der Waals surface area (Å²) in [7, 11) is 1.89. The van der Waals surface area contributed by atoms with Crippen LogP contribution in [0.5, 0.6) is 0 Å². The van der Waals surface area contributed by atoms with Gasteiger partial charge in [-0.15, -0.1) is 0 Å². The van der Waals surface area contributed by atoms with Gasteiger partial charge < -0.3 is 10.2 Å². The van der Waals surface area contributed by atoms with Crippen molar-refractivity contribution in [2.75, 3.05) is 19.6 Å². The molecule has 0 aliphatic rings. The zero-order chi connectivity index (χ0) is 15.4. The topological polar surface area (TPSA) is 63.1 Å². The zero-order valence-electron chi connectivity index (χ0n) is 13.2. The highest BCUT2D eigenvalue weighted by molar-refractivity contribution is 5.79. The van der Waals surface area contributed by atoms with Crippen molar-refractivity contribution in [2.45, 2.75) is 27.3 Å². The van der Waals surface area contributed by atoms with Crippen molar-refractivity contribution in [2.24, 2.45) is 7.05 Å². The van der Waals surface area contributed by atoms with Crippen LogP contribution < -0.4 is 5.32 Å². The Balaban J connectivity index is 1.98. The van der Waals surface area contributed by atoms with Gasteiger partial charge in [-0.25, -0.2) is 4.98 Å². The molecule has 0 aromatic carbocycles. The van der Waals surface area contributed by atoms with Gasteiger partial charge in [-0.2, -0.15) is 5.10 Å². The standard InChI is InChI=1S/C15H23N5O/c1-5-20(6-2)14(21)10-16-8-12-7-13-11(3)18-19(4)15(13)17-9-12/h7,9,16H,5-6,8,10H2,1-4H3. The van der Waals surface area contributed by atoms with Gasteiger partial charge in [-0.3, -0.25) is 9.48 Å². The van der Waals surface area contributed by atoms with E-state index < -0.39 is 0 Å². The summed E-state index contributed by atoms with van der Waals surface area (Å²) in [4.78, 5) is 18.2. The highest BCUT2D eigenvalue weighted by atomic mass is 16.2. The lowest BCUT2D eigenvalue weighted by molar-refractivity contribution is -0.129. The third kappa shape index (κ3) is 3.39. The maximum absolute atomic E-state index is 11.9. The van der Waals surface area contributed by atoms with Crippen molar-refractivity contribution in [3.05, 3.63) is 23.5 Å². The molecule has 1 amide bonds. The molecular formula is C15H23N5O. The molecular weight excluding hydrogens is 266 g/mol. The van der Waals surface area contributed by atoms with Crippen molar-refractivity contribution in [3.8, 4) is 0 Å². The molecule has 2 heterocycles. The van der Waals surface area contributed by atoms with Crippen LogP contribution in [0.1, 0.15) is 25.1 Å². The number of hydrogen-bond acceptors (Lipinski definition) is 4. The fourth-order valence-electron chi connectivity index (χ4n) is 2.45. The zero-order valence-corrected chi connectivity index (χ0v) is 13.2. The first-order chi connectivity index (χ1) is 10.1. The van der Waals surface area contributed by atoms with Crippen LogP contribution in [0.25, 0.3) is 11.0 Å². The first kappa shape index (κ1) is 15.4. The monoisotopic (exact) mass is 289 g/mol. The molecule has 2 aromatic heterocycles. The molecule has 0 aliphatic heterocycles. The molecule has 2 rings (SSSR count). The Morgan fingerprint density at radius 3 is 2.76 bits per heavy atom. The Labute approximate surface area is 125 Å². The van der Waals surface area contributed by atoms with Gasteiger partial charge in [0.05, 0.1) is 12.2 Å². The molecule has 0 spiro atoms. The Morgan fingerprint density at radius 1 is 1.38 bits per heavy atom. The Morgan fingerprint density at radius 2 is 2.10 bits per heavy atom. The number of carbonyl (C=O) groups excluding carboxylic acids is 1. The lowest BCUT2D eigenvalue weighted by atomic mass is 10.2. The first-order valence-corrected chi connectivity index (χ1v) is 7.33. The number of aromatic nitrogens is 3. The van der Waals surface area contributed by atoms with Crippen LogP contribution in [0.3, 0.4) is 0 Å². The predicted octanol–water partition coefficient (Wildman–Crippen LogP) is 1.23. The van der Waals surface area contributed by atoms with Crippen LogP contribution in [0.15, 0.2) is 12.3 Å². The second kappa shape index (κ2) is 6.67. The van der Waals surface area contributed by atoms with E-state index in [4.69, 9.17) is 0 Å². The van der Waals surface area contributed by atoms with E-state index >= 15 is 0 Å². The summed E-state index contributed by atoms with van der Waals surface area (Å²) in [5.41, 5.74) is 2.92. The second-order valence-corrected chi connectivity index (χ2v) is 5.09. The lowest BCUT2D eigenvalue weighted by Crippen LogP contribution is -2.37. The van der Waals surface area contributed by atoms with E-state index in [1.54, 1.807) is 4.68 Å². The number of carbonyl (C=O) groups is 1. The predicted molar refractivity (Wildman–Crippen MR) is 82.9 cm³/mol. The third-order valence-electron chi connectivity index (χ3n) is 3.64. The molecule has 114 valence electrons. The van der Waals surface area contributed by atoms with Crippen LogP contribution in [0.4, 0.5) is 0 Å². The first-order valence-electron chi connectivity index (χ1n) is 7.33. The highest BCUT2D eigenvalue weighted by Gasteiger charge is 2.10. The number of hydrogen-bond donors (Lipinski definition) is 1. The van der Waals surface area contributed by atoms with E-state index in [9.17, 15) is 4.79 Å². The maximum Gasteiger partial charge on any atom is 0.236 e. The molecule has 0 unspecified atom stereocenters. The van der Waals surface area contributed by atoms with E-state index in [0.717, 1.165) is 35.4 Å². The SMILES string of the molecule is CCN(CC)C(=O)CNCc1cnc2c(c1)c(C)nn2C. The summed E-state index contributed by atoms with van der Waals surface area (Å²) in [5.74, 6) is 0.131. The Kier molecular flexibility index (Phi) is 4.90. The van der Waals surface area contributed by atoms with Gasteiger partial charge in [0, 0.05) is 38.3 Å². The molecule has 6 heteroatoms. The van der Waals surface area contributed by atoms with E-state index in [1.165, 1.54) is 0 Å². The average Bonchev–Trinajstić information content (AvgIpc) is 2.75. The number of pyridine rings is 1. The Bertz CT molecular complexity index is 630. The van der Waals surface area contributed by atoms with Gasteiger partial charge in [-0.1, -0.05) is 0 Å². The third-order valence-corrected chi connectivity index (χ3v) is 3.64. The number of amides is 1. The molecule has 0 bridgehead atoms. The smallest absolute Gasteiger partial charge is 0.236 e. The normalized spacial score (nSPS) is 11.0. The molecule has 0 atom stereocenters. The molecule has 0 aliphatic carbocycles. The van der Waals surface area contributed by atoms with Crippen molar-refractivity contribution in [3.63, 3.8) is 0 Å². The molecule has 0 radical (unpaired) electrons. The number of nitrogens with zero attached hydrogens (tertiary/aromatic N) is 4. The molecule has 6 nitrogen and oxygen atoms in total. The van der Waals surface area contributed by atoms with Crippen LogP contribution in [0.2, 0.25) is 0 Å². The summed E-state index contributed by atoms with van der Waals surface area (Å²) >= 11 is 0. The van der Waals surface area contributed by atoms with Crippen LogP contribution in [-0.4, -0.2) is 45.2 Å². The Hall–Kier alpha value is -1.95. The minimum Gasteiger partial charge on any atom is -0.342 e. The van der Waals surface area contributed by atoms with Crippen molar-refractivity contribution < 1.29 is 4.79 Å². The highest BCUT2D eigenvalue weighted by Crippen LogP contribution is 2.16. The second-order valence-electron chi connectivity index (χ2n) is 5.09. The molecule has 2 aromatic rings. The largest absolute Gasteiger partial charge is 0.342 e. The number of fused-ring (bicyclic) bond motifs is 1. The summed E-state index contributed by atoms with van der Waals surface area (Å²) in [5, 5.41) is 8.60. The molecule has 0 fully saturated rings. The fraction of sp³-hybridized carbons (Fsp3) is 0.533. The minimum atomic E-state index is 0.131. The molecule has 0 saturated heterocycles. The van der Waals surface area contributed by atoms with Crippen LogP contribution in [0, 0.1) is 6.92 Å². The van der Waals surface area contributed by atoms with Gasteiger partial charge in [0.2, 0.25) is 5.91 Å². The van der Waals surface area contributed by atoms with Crippen LogP contribution in [-0.2, 0) is 18.4 Å². The van der Waals surface area contributed by atoms with Gasteiger partial charge in [-0.05, 0) is 32.4 Å². The minimum absolute atomic E-state index is 0.131. The molecule has 1 N–H and O–H groups in total. The maximum atomic E-state index is 11.9. The van der Waals surface area contributed by atoms with E-state index in [-0.39, 0.29) is 5.91 Å². The summed E-state index contributed by atoms with van der Waals surface area (Å²) in [6.45, 7) is 8.44. The van der Waals surface area contributed by atoms with Gasteiger partial charge in [0.1, 0.15) is 0 Å². The van der Waals surface area contributed by atoms with Crippen molar-refractivity contribution in [1.82, 2.24) is 25.0 Å². The quantitative estimate of drug-likeness (QED) is 0.869. The van der Waals surface area contributed by atoms with Crippen molar-refractivity contribution >= 4 is 16.9 Å². The summed E-state index contributed by atoms with van der Waals surface area (Å²) < 4.78 is 1.78. The van der Waals surface area contributed by atoms with E-state index in [2.05, 4.69) is 21.5 Å². The number of nitrogens with one attached hydrogen (secondary N) is 1. The number of aryl methyl sites for hydroxylation is 2. The molecule has 21 heavy (non-hydrogen) atoms. The summed E-state index contributed by atoms with van der Waals surface area (Å²) in [6, 6.07) is 2.08. The lowest BCUT2D eigenvalue weighted by Gasteiger charge is -2.18. The van der Waals surface area contributed by atoms with Gasteiger partial charge in [0.15, 0.2) is 5.65 Å². The van der Waals surface area contributed by atoms with Gasteiger partial charge >= 0.3 is 0 Å². The van der Waals surface area contributed by atoms with E-state index in [1.807, 2.05) is 38.9 Å². The van der Waals surface area contributed by atoms with E-state index in [0.29, 0.717) is 13.1 Å². The average molecular weight is 289 g/mol. The number of likely N-dealkylation sites (N-methyl/N-ethyl adjacent to an activating group) is 1. The number of rotatable bonds is 6. The fourth-order valence-corrected chi connectivity index (χ4v) is 2.45. The summed E-state index contributed by atoms with van der Waals surface area (Å²) in [6.07, 6.45) is 1.83.